The van der Waals surface area contributed by atoms with Crippen LogP contribution >= 0.6 is 0 Å². The molecule has 2 nitrogen and oxygen atoms in total. The first-order valence-electron chi connectivity index (χ1n) is 6.28. The van der Waals surface area contributed by atoms with Gasteiger partial charge in [0.05, 0.1) is 5.56 Å². The summed E-state index contributed by atoms with van der Waals surface area (Å²) in [4.78, 5) is 2.00. The van der Waals surface area contributed by atoms with Crippen molar-refractivity contribution in [2.24, 2.45) is 0 Å². The largest absolute Gasteiger partial charge is 0.416 e. The molecule has 0 amide bonds. The van der Waals surface area contributed by atoms with Crippen LogP contribution in [0.2, 0.25) is 0 Å². The van der Waals surface area contributed by atoms with Crippen molar-refractivity contribution in [2.75, 3.05) is 20.6 Å². The van der Waals surface area contributed by atoms with Gasteiger partial charge in [-0.2, -0.15) is 13.2 Å². The quantitative estimate of drug-likeness (QED) is 0.886. The highest BCUT2D eigenvalue weighted by atomic mass is 19.4. The van der Waals surface area contributed by atoms with Crippen LogP contribution in [0.3, 0.4) is 0 Å². The van der Waals surface area contributed by atoms with Crippen LogP contribution in [0.5, 0.6) is 0 Å². The second kappa shape index (κ2) is 6.39. The number of likely N-dealkylation sites (N-methyl/N-ethyl adjacent to an activating group) is 1. The normalized spacial score (nSPS) is 15.6. The zero-order valence-corrected chi connectivity index (χ0v) is 11.8. The second-order valence-electron chi connectivity index (χ2n) is 5.14. The summed E-state index contributed by atoms with van der Waals surface area (Å²) in [5, 5.41) is 3.20. The average Bonchev–Trinajstić information content (AvgIpc) is 2.26. The third-order valence-electron chi connectivity index (χ3n) is 2.91. The minimum Gasteiger partial charge on any atom is -0.308 e. The van der Waals surface area contributed by atoms with E-state index in [2.05, 4.69) is 5.32 Å². The maximum absolute atomic E-state index is 12.9. The van der Waals surface area contributed by atoms with Crippen molar-refractivity contribution >= 4 is 0 Å². The van der Waals surface area contributed by atoms with Crippen molar-refractivity contribution in [1.82, 2.24) is 10.2 Å². The lowest BCUT2D eigenvalue weighted by Gasteiger charge is -2.25. The third-order valence-corrected chi connectivity index (χ3v) is 2.91. The second-order valence-corrected chi connectivity index (χ2v) is 5.14. The fourth-order valence-corrected chi connectivity index (χ4v) is 2.25. The zero-order chi connectivity index (χ0) is 14.6. The van der Waals surface area contributed by atoms with Crippen molar-refractivity contribution in [3.63, 3.8) is 0 Å². The Morgan fingerprint density at radius 3 is 2.26 bits per heavy atom. The molecule has 0 aromatic heterocycles. The minimum atomic E-state index is -4.31. The van der Waals surface area contributed by atoms with Gasteiger partial charge in [0, 0.05) is 18.6 Å². The topological polar surface area (TPSA) is 15.3 Å². The molecule has 0 aliphatic carbocycles. The van der Waals surface area contributed by atoms with Crippen LogP contribution in [-0.2, 0) is 6.18 Å². The van der Waals surface area contributed by atoms with Gasteiger partial charge in [-0.05, 0) is 39.6 Å². The maximum Gasteiger partial charge on any atom is 0.416 e. The van der Waals surface area contributed by atoms with Crippen molar-refractivity contribution in [3.05, 3.63) is 35.4 Å². The van der Waals surface area contributed by atoms with Gasteiger partial charge < -0.3 is 10.2 Å². The number of alkyl halides is 3. The molecule has 0 heterocycles. The molecule has 1 rings (SSSR count). The van der Waals surface area contributed by atoms with E-state index in [0.717, 1.165) is 12.6 Å². The van der Waals surface area contributed by atoms with Crippen molar-refractivity contribution < 1.29 is 13.2 Å². The van der Waals surface area contributed by atoms with E-state index in [9.17, 15) is 13.2 Å². The molecule has 0 aliphatic rings. The number of rotatable bonds is 5. The van der Waals surface area contributed by atoms with Gasteiger partial charge in [0.2, 0.25) is 0 Å². The molecule has 0 spiro atoms. The van der Waals surface area contributed by atoms with Crippen molar-refractivity contribution in [3.8, 4) is 0 Å². The smallest absolute Gasteiger partial charge is 0.308 e. The van der Waals surface area contributed by atoms with Crippen LogP contribution < -0.4 is 5.32 Å². The van der Waals surface area contributed by atoms with Gasteiger partial charge in [0.1, 0.15) is 0 Å². The first-order chi connectivity index (χ1) is 8.71. The van der Waals surface area contributed by atoms with Gasteiger partial charge in [-0.1, -0.05) is 18.2 Å². The predicted octanol–water partition coefficient (Wildman–Crippen LogP) is 3.31. The Morgan fingerprint density at radius 1 is 1.16 bits per heavy atom. The van der Waals surface area contributed by atoms with E-state index in [1.54, 1.807) is 13.0 Å². The molecule has 2 unspecified atom stereocenters. The minimum absolute atomic E-state index is 0.117. The lowest BCUT2D eigenvalue weighted by molar-refractivity contribution is -0.138. The highest BCUT2D eigenvalue weighted by Gasteiger charge is 2.34. The molecule has 108 valence electrons. The maximum atomic E-state index is 12.9. The molecular formula is C14H21F3N2. The zero-order valence-electron chi connectivity index (χ0n) is 11.8. The fraction of sp³-hybridized carbons (Fsp3) is 0.571. The molecular weight excluding hydrogens is 253 g/mol. The highest BCUT2D eigenvalue weighted by molar-refractivity contribution is 5.32. The van der Waals surface area contributed by atoms with Crippen LogP contribution in [0.4, 0.5) is 13.2 Å². The lowest BCUT2D eigenvalue weighted by Crippen LogP contribution is -2.37. The summed E-state index contributed by atoms with van der Waals surface area (Å²) in [5.41, 5.74) is -0.271. The molecule has 1 N–H and O–H groups in total. The van der Waals surface area contributed by atoms with Gasteiger partial charge in [0.15, 0.2) is 0 Å². The molecule has 0 bridgehead atoms. The molecule has 0 fully saturated rings. The average molecular weight is 274 g/mol. The predicted molar refractivity (Wildman–Crippen MR) is 71.0 cm³/mol. The Morgan fingerprint density at radius 2 is 1.74 bits per heavy atom. The first kappa shape index (κ1) is 16.0. The first-order valence-corrected chi connectivity index (χ1v) is 6.28. The summed E-state index contributed by atoms with van der Waals surface area (Å²) < 4.78 is 38.8. The van der Waals surface area contributed by atoms with Gasteiger partial charge >= 0.3 is 6.18 Å². The summed E-state index contributed by atoms with van der Waals surface area (Å²) in [6.07, 6.45) is -4.31. The van der Waals surface area contributed by atoms with E-state index >= 15 is 0 Å². The van der Waals surface area contributed by atoms with Gasteiger partial charge in [-0.15, -0.1) is 0 Å². The number of benzene rings is 1. The number of nitrogens with one attached hydrogen (secondary N) is 1. The molecule has 5 heteroatoms. The molecule has 0 radical (unpaired) electrons. The monoisotopic (exact) mass is 274 g/mol. The SMILES string of the molecule is CC(CN(C)C)NC(C)c1ccccc1C(F)(F)F. The lowest BCUT2D eigenvalue weighted by atomic mass is 10.0. The summed E-state index contributed by atoms with van der Waals surface area (Å²) >= 11 is 0. The van der Waals surface area contributed by atoms with Crippen molar-refractivity contribution in [2.45, 2.75) is 32.1 Å². The molecule has 0 aliphatic heterocycles. The molecule has 0 saturated heterocycles. The van der Waals surface area contributed by atoms with E-state index < -0.39 is 11.7 Å². The Kier molecular flexibility index (Phi) is 5.38. The summed E-state index contributed by atoms with van der Waals surface area (Å²) in [5.74, 6) is 0. The Labute approximate surface area is 112 Å². The summed E-state index contributed by atoms with van der Waals surface area (Å²) in [6.45, 7) is 4.50. The number of halogens is 3. The molecule has 0 saturated carbocycles. The fourth-order valence-electron chi connectivity index (χ4n) is 2.25. The number of hydrogen-bond acceptors (Lipinski definition) is 2. The summed E-state index contributed by atoms with van der Waals surface area (Å²) in [6, 6.07) is 5.49. The Bertz CT molecular complexity index is 402. The molecule has 1 aromatic carbocycles. The number of nitrogens with zero attached hydrogens (tertiary/aromatic N) is 1. The van der Waals surface area contributed by atoms with E-state index in [1.165, 1.54) is 12.1 Å². The van der Waals surface area contributed by atoms with E-state index in [1.807, 2.05) is 25.9 Å². The van der Waals surface area contributed by atoms with E-state index in [-0.39, 0.29) is 12.1 Å². The van der Waals surface area contributed by atoms with E-state index in [4.69, 9.17) is 0 Å². The van der Waals surface area contributed by atoms with Gasteiger partial charge in [-0.3, -0.25) is 0 Å². The van der Waals surface area contributed by atoms with Gasteiger partial charge in [-0.25, -0.2) is 0 Å². The highest BCUT2D eigenvalue weighted by Crippen LogP contribution is 2.34. The van der Waals surface area contributed by atoms with E-state index in [0.29, 0.717) is 5.56 Å². The van der Waals surface area contributed by atoms with Crippen LogP contribution in [-0.4, -0.2) is 31.6 Å². The van der Waals surface area contributed by atoms with Gasteiger partial charge in [0.25, 0.3) is 0 Å². The molecule has 19 heavy (non-hydrogen) atoms. The number of hydrogen-bond donors (Lipinski definition) is 1. The Balaban J connectivity index is 2.85. The van der Waals surface area contributed by atoms with Crippen LogP contribution in [0.15, 0.2) is 24.3 Å². The summed E-state index contributed by atoms with van der Waals surface area (Å²) in [7, 11) is 3.87. The van der Waals surface area contributed by atoms with Crippen LogP contribution in [0.25, 0.3) is 0 Å². The molecule has 1 aromatic rings. The van der Waals surface area contributed by atoms with Crippen molar-refractivity contribution in [1.29, 1.82) is 0 Å². The third kappa shape index (κ3) is 4.84. The van der Waals surface area contributed by atoms with Crippen LogP contribution in [0, 0.1) is 0 Å². The Hall–Kier alpha value is -1.07. The molecule has 2 atom stereocenters. The van der Waals surface area contributed by atoms with Crippen LogP contribution in [0.1, 0.15) is 31.0 Å². The standard InChI is InChI=1S/C14H21F3N2/c1-10(9-19(3)4)18-11(2)12-7-5-6-8-13(12)14(15,16)17/h5-8,10-11,18H,9H2,1-4H3.